The van der Waals surface area contributed by atoms with Gasteiger partial charge in [0.25, 0.3) is 0 Å². The predicted octanol–water partition coefficient (Wildman–Crippen LogP) is 0.0494. The summed E-state index contributed by atoms with van der Waals surface area (Å²) in [7, 11) is 6.11. The molecule has 22 heavy (non-hydrogen) atoms. The number of nitrogens with zero attached hydrogens (tertiary/aromatic N) is 5. The van der Waals surface area contributed by atoms with Gasteiger partial charge in [0.05, 0.1) is 6.54 Å². The molecule has 1 aliphatic rings. The third-order valence-electron chi connectivity index (χ3n) is 4.03. The molecule has 0 unspecified atom stereocenters. The summed E-state index contributed by atoms with van der Waals surface area (Å²) < 4.78 is 1.88. The minimum absolute atomic E-state index is 0.0972. The average molecular weight is 326 g/mol. The van der Waals surface area contributed by atoms with Gasteiger partial charge < -0.3 is 14.8 Å². The highest BCUT2D eigenvalue weighted by Crippen LogP contribution is 2.14. The van der Waals surface area contributed by atoms with E-state index in [0.29, 0.717) is 19.1 Å². The smallest absolute Gasteiger partial charge is 0.234 e. The SMILES string of the molecule is CN1CCC(N(C)CC(=O)NCCSc2nncn2C)CC1. The third-order valence-corrected chi connectivity index (χ3v) is 5.07. The molecule has 1 aliphatic heterocycles. The van der Waals surface area contributed by atoms with E-state index in [1.807, 2.05) is 18.7 Å². The van der Waals surface area contributed by atoms with Gasteiger partial charge in [-0.25, -0.2) is 0 Å². The molecule has 1 N–H and O–H groups in total. The number of carbonyl (C=O) groups is 1. The first kappa shape index (κ1) is 17.2. The van der Waals surface area contributed by atoms with Crippen LogP contribution in [0.4, 0.5) is 0 Å². The lowest BCUT2D eigenvalue weighted by Gasteiger charge is -2.34. The molecule has 124 valence electrons. The van der Waals surface area contributed by atoms with Gasteiger partial charge in [-0.3, -0.25) is 9.69 Å². The molecule has 2 rings (SSSR count). The van der Waals surface area contributed by atoms with Crippen molar-refractivity contribution in [1.82, 2.24) is 29.9 Å². The van der Waals surface area contributed by atoms with Crippen LogP contribution in [0.25, 0.3) is 0 Å². The molecular weight excluding hydrogens is 300 g/mol. The first-order valence-electron chi connectivity index (χ1n) is 7.68. The predicted molar refractivity (Wildman–Crippen MR) is 87.9 cm³/mol. The van der Waals surface area contributed by atoms with E-state index >= 15 is 0 Å². The number of hydrogen-bond donors (Lipinski definition) is 1. The Hall–Kier alpha value is -1.12. The zero-order chi connectivity index (χ0) is 15.9. The number of nitrogens with one attached hydrogen (secondary N) is 1. The van der Waals surface area contributed by atoms with Gasteiger partial charge in [0.2, 0.25) is 5.91 Å². The fourth-order valence-electron chi connectivity index (χ4n) is 2.58. The van der Waals surface area contributed by atoms with Gasteiger partial charge in [-0.2, -0.15) is 0 Å². The van der Waals surface area contributed by atoms with Crippen molar-refractivity contribution in [2.75, 3.05) is 46.0 Å². The van der Waals surface area contributed by atoms with Crippen molar-refractivity contribution in [3.05, 3.63) is 6.33 Å². The van der Waals surface area contributed by atoms with Crippen LogP contribution in [0.2, 0.25) is 0 Å². The minimum atomic E-state index is 0.0972. The lowest BCUT2D eigenvalue weighted by molar-refractivity contribution is -0.122. The van der Waals surface area contributed by atoms with Gasteiger partial charge in [0.1, 0.15) is 6.33 Å². The summed E-state index contributed by atoms with van der Waals surface area (Å²) in [6.07, 6.45) is 3.96. The largest absolute Gasteiger partial charge is 0.354 e. The quantitative estimate of drug-likeness (QED) is 0.564. The van der Waals surface area contributed by atoms with Crippen LogP contribution in [0.3, 0.4) is 0 Å². The molecule has 0 bridgehead atoms. The van der Waals surface area contributed by atoms with Crippen LogP contribution >= 0.6 is 11.8 Å². The number of aromatic nitrogens is 3. The first-order chi connectivity index (χ1) is 10.6. The van der Waals surface area contributed by atoms with E-state index in [-0.39, 0.29) is 5.91 Å². The zero-order valence-electron chi connectivity index (χ0n) is 13.7. The summed E-state index contributed by atoms with van der Waals surface area (Å²) in [6, 6.07) is 0.523. The fraction of sp³-hybridized carbons (Fsp3) is 0.786. The van der Waals surface area contributed by atoms with Crippen LogP contribution in [-0.4, -0.2) is 82.5 Å². The first-order valence-corrected chi connectivity index (χ1v) is 8.67. The molecule has 1 aromatic heterocycles. The lowest BCUT2D eigenvalue weighted by Crippen LogP contribution is -2.46. The molecule has 0 atom stereocenters. The van der Waals surface area contributed by atoms with Crippen molar-refractivity contribution in [1.29, 1.82) is 0 Å². The van der Waals surface area contributed by atoms with E-state index in [9.17, 15) is 4.79 Å². The number of piperidine rings is 1. The second kappa shape index (κ2) is 8.50. The number of carbonyl (C=O) groups excluding carboxylic acids is 1. The molecule has 8 heteroatoms. The normalized spacial score (nSPS) is 17.1. The molecule has 0 aliphatic carbocycles. The Balaban J connectivity index is 1.60. The summed E-state index contributed by atoms with van der Waals surface area (Å²) in [4.78, 5) is 16.5. The van der Waals surface area contributed by atoms with E-state index in [1.165, 1.54) is 0 Å². The topological polar surface area (TPSA) is 66.3 Å². The maximum absolute atomic E-state index is 12.0. The zero-order valence-corrected chi connectivity index (χ0v) is 14.5. The van der Waals surface area contributed by atoms with E-state index in [4.69, 9.17) is 0 Å². The van der Waals surface area contributed by atoms with Crippen LogP contribution in [0.5, 0.6) is 0 Å². The highest BCUT2D eigenvalue weighted by molar-refractivity contribution is 7.99. The van der Waals surface area contributed by atoms with Crippen molar-refractivity contribution >= 4 is 17.7 Å². The maximum Gasteiger partial charge on any atom is 0.234 e. The van der Waals surface area contributed by atoms with Gasteiger partial charge in [-0.15, -0.1) is 10.2 Å². The standard InChI is InChI=1S/C14H26N6OS/c1-18-7-4-12(5-8-18)19(2)10-13(21)15-6-9-22-14-17-16-11-20(14)3/h11-12H,4-10H2,1-3H3,(H,15,21). The summed E-state index contributed by atoms with van der Waals surface area (Å²) in [5.74, 6) is 0.899. The number of aryl methyl sites for hydroxylation is 1. The van der Waals surface area contributed by atoms with Crippen molar-refractivity contribution in [3.8, 4) is 0 Å². The maximum atomic E-state index is 12.0. The lowest BCUT2D eigenvalue weighted by atomic mass is 10.0. The molecule has 7 nitrogen and oxygen atoms in total. The molecule has 2 heterocycles. The van der Waals surface area contributed by atoms with Gasteiger partial charge in [-0.1, -0.05) is 11.8 Å². The Morgan fingerprint density at radius 3 is 2.82 bits per heavy atom. The van der Waals surface area contributed by atoms with Crippen LogP contribution in [0.1, 0.15) is 12.8 Å². The molecule has 1 aromatic rings. The van der Waals surface area contributed by atoms with E-state index < -0.39 is 0 Å². The Bertz CT molecular complexity index is 472. The van der Waals surface area contributed by atoms with E-state index in [0.717, 1.165) is 36.8 Å². The van der Waals surface area contributed by atoms with Crippen molar-refractivity contribution in [2.24, 2.45) is 7.05 Å². The molecular formula is C14H26N6OS. The van der Waals surface area contributed by atoms with Crippen LogP contribution < -0.4 is 5.32 Å². The van der Waals surface area contributed by atoms with E-state index in [1.54, 1.807) is 18.1 Å². The highest BCUT2D eigenvalue weighted by Gasteiger charge is 2.21. The van der Waals surface area contributed by atoms with Crippen LogP contribution in [-0.2, 0) is 11.8 Å². The molecule has 0 radical (unpaired) electrons. The van der Waals surface area contributed by atoms with Crippen molar-refractivity contribution in [2.45, 2.75) is 24.0 Å². The number of hydrogen-bond acceptors (Lipinski definition) is 6. The second-order valence-electron chi connectivity index (χ2n) is 5.87. The molecule has 1 saturated heterocycles. The van der Waals surface area contributed by atoms with Crippen molar-refractivity contribution < 1.29 is 4.79 Å². The van der Waals surface area contributed by atoms with Crippen molar-refractivity contribution in [3.63, 3.8) is 0 Å². The van der Waals surface area contributed by atoms with E-state index in [2.05, 4.69) is 32.4 Å². The Morgan fingerprint density at radius 1 is 1.45 bits per heavy atom. The number of rotatable bonds is 7. The average Bonchev–Trinajstić information content (AvgIpc) is 2.89. The summed E-state index contributed by atoms with van der Waals surface area (Å²) in [6.45, 7) is 3.36. The minimum Gasteiger partial charge on any atom is -0.354 e. The summed E-state index contributed by atoms with van der Waals surface area (Å²) in [5.41, 5.74) is 0. The fourth-order valence-corrected chi connectivity index (χ4v) is 3.33. The molecule has 0 spiro atoms. The number of thioether (sulfide) groups is 1. The Labute approximate surface area is 136 Å². The van der Waals surface area contributed by atoms with Gasteiger partial charge in [0.15, 0.2) is 5.16 Å². The molecule has 0 saturated carbocycles. The second-order valence-corrected chi connectivity index (χ2v) is 6.93. The summed E-state index contributed by atoms with van der Waals surface area (Å²) in [5, 5.41) is 11.7. The molecule has 0 aromatic carbocycles. The monoisotopic (exact) mass is 326 g/mol. The molecule has 1 fully saturated rings. The number of likely N-dealkylation sites (N-methyl/N-ethyl adjacent to an activating group) is 1. The third kappa shape index (κ3) is 5.26. The number of likely N-dealkylation sites (tertiary alicyclic amines) is 1. The molecule has 1 amide bonds. The summed E-state index contributed by atoms with van der Waals surface area (Å²) >= 11 is 1.60. The van der Waals surface area contributed by atoms with Gasteiger partial charge in [-0.05, 0) is 40.0 Å². The number of amides is 1. The highest BCUT2D eigenvalue weighted by atomic mass is 32.2. The van der Waals surface area contributed by atoms with Gasteiger partial charge >= 0.3 is 0 Å². The van der Waals surface area contributed by atoms with Crippen LogP contribution in [0, 0.1) is 0 Å². The van der Waals surface area contributed by atoms with Crippen LogP contribution in [0.15, 0.2) is 11.5 Å². The Morgan fingerprint density at radius 2 is 2.18 bits per heavy atom. The van der Waals surface area contributed by atoms with Gasteiger partial charge in [0, 0.05) is 25.4 Å². The Kier molecular flexibility index (Phi) is 6.66.